The van der Waals surface area contributed by atoms with E-state index in [2.05, 4.69) is 32.2 Å². The van der Waals surface area contributed by atoms with Gasteiger partial charge in [0.2, 0.25) is 0 Å². The van der Waals surface area contributed by atoms with Crippen LogP contribution in [0.4, 0.5) is 0 Å². The van der Waals surface area contributed by atoms with Crippen molar-refractivity contribution in [3.05, 3.63) is 23.8 Å². The maximum atomic E-state index is 13.0. The normalized spacial score (nSPS) is 23.3. The average molecular weight is 714 g/mol. The monoisotopic (exact) mass is 714 g/mol. The predicted molar refractivity (Wildman–Crippen MR) is 199 cm³/mol. The van der Waals surface area contributed by atoms with E-state index in [1.807, 2.05) is 0 Å². The first-order valence-corrected chi connectivity index (χ1v) is 20.1. The molecule has 0 aromatic carbocycles. The molecule has 0 aliphatic carbocycles. The van der Waals surface area contributed by atoms with Crippen LogP contribution in [-0.2, 0) is 14.3 Å². The van der Waals surface area contributed by atoms with Crippen molar-refractivity contribution >= 4 is 5.91 Å². The SMILES string of the molecule is CCCCCCCCCCCCCC[C@@H](O)C(=O)NC(O[C@@H]1OC(CO)[C@@H](O)C(O)C1O)[C@H](O)/C=C/CC/C=C(\C)CCCCCCCCC. The van der Waals surface area contributed by atoms with Gasteiger partial charge in [-0.3, -0.25) is 4.79 Å². The highest BCUT2D eigenvalue weighted by molar-refractivity contribution is 5.80. The number of carbonyl (C=O) groups is 1. The topological polar surface area (TPSA) is 169 Å². The Hall–Kier alpha value is -1.37. The third-order valence-corrected chi connectivity index (χ3v) is 9.69. The number of unbranched alkanes of at least 4 members (excludes halogenated alkanes) is 18. The van der Waals surface area contributed by atoms with E-state index in [-0.39, 0.29) is 6.42 Å². The number of amides is 1. The van der Waals surface area contributed by atoms with Crippen LogP contribution in [0, 0.1) is 0 Å². The number of carbonyl (C=O) groups excluding carboxylic acids is 1. The highest BCUT2D eigenvalue weighted by atomic mass is 16.7. The summed E-state index contributed by atoms with van der Waals surface area (Å²) in [6.45, 7) is 5.95. The van der Waals surface area contributed by atoms with Crippen LogP contribution in [0.3, 0.4) is 0 Å². The van der Waals surface area contributed by atoms with Gasteiger partial charge in [-0.15, -0.1) is 0 Å². The first-order valence-electron chi connectivity index (χ1n) is 20.1. The van der Waals surface area contributed by atoms with Crippen LogP contribution < -0.4 is 5.32 Å². The van der Waals surface area contributed by atoms with Crippen LogP contribution in [0.25, 0.3) is 0 Å². The van der Waals surface area contributed by atoms with E-state index in [1.54, 1.807) is 6.08 Å². The third kappa shape index (κ3) is 21.2. The molecule has 0 aromatic rings. The molecule has 1 heterocycles. The average Bonchev–Trinajstić information content (AvgIpc) is 3.11. The third-order valence-electron chi connectivity index (χ3n) is 9.69. The van der Waals surface area contributed by atoms with Gasteiger partial charge in [-0.25, -0.2) is 0 Å². The smallest absolute Gasteiger partial charge is 0.250 e. The Morgan fingerprint density at radius 1 is 0.740 bits per heavy atom. The molecule has 1 aliphatic heterocycles. The molecule has 10 heteroatoms. The van der Waals surface area contributed by atoms with E-state index < -0.39 is 61.7 Å². The Bertz CT molecular complexity index is 883. The van der Waals surface area contributed by atoms with E-state index in [9.17, 15) is 35.4 Å². The number of allylic oxidation sites excluding steroid dienone is 3. The van der Waals surface area contributed by atoms with Gasteiger partial charge in [0.25, 0.3) is 5.91 Å². The van der Waals surface area contributed by atoms with Crippen molar-refractivity contribution in [2.75, 3.05) is 6.61 Å². The van der Waals surface area contributed by atoms with Crippen molar-refractivity contribution in [2.45, 2.75) is 218 Å². The minimum absolute atomic E-state index is 0.256. The maximum absolute atomic E-state index is 13.0. The Labute approximate surface area is 303 Å². The second-order valence-corrected chi connectivity index (χ2v) is 14.4. The summed E-state index contributed by atoms with van der Waals surface area (Å²) in [5.41, 5.74) is 1.34. The van der Waals surface area contributed by atoms with Crippen LogP contribution in [0.1, 0.15) is 168 Å². The van der Waals surface area contributed by atoms with Crippen LogP contribution in [0.5, 0.6) is 0 Å². The molecule has 1 rings (SSSR count). The van der Waals surface area contributed by atoms with Gasteiger partial charge in [-0.05, 0) is 39.0 Å². The molecule has 4 unspecified atom stereocenters. The molecule has 1 saturated heterocycles. The molecule has 10 nitrogen and oxygen atoms in total. The Morgan fingerprint density at radius 2 is 1.26 bits per heavy atom. The lowest BCUT2D eigenvalue weighted by molar-refractivity contribution is -0.317. The van der Waals surface area contributed by atoms with Crippen molar-refractivity contribution in [3.8, 4) is 0 Å². The molecule has 0 spiro atoms. The summed E-state index contributed by atoms with van der Waals surface area (Å²) in [6, 6.07) is 0. The molecule has 1 amide bonds. The molecule has 0 aromatic heterocycles. The Kier molecular flexibility index (Phi) is 28.1. The van der Waals surface area contributed by atoms with Crippen LogP contribution in [0.15, 0.2) is 23.8 Å². The summed E-state index contributed by atoms with van der Waals surface area (Å²) >= 11 is 0. The zero-order valence-electron chi connectivity index (χ0n) is 31.7. The molecule has 0 bridgehead atoms. The summed E-state index contributed by atoms with van der Waals surface area (Å²) < 4.78 is 11.2. The van der Waals surface area contributed by atoms with E-state index in [0.717, 1.165) is 32.1 Å². The fourth-order valence-electron chi connectivity index (χ4n) is 6.30. The minimum atomic E-state index is -1.71. The predicted octanol–water partition coefficient (Wildman–Crippen LogP) is 6.48. The number of nitrogens with one attached hydrogen (secondary N) is 1. The molecular weight excluding hydrogens is 638 g/mol. The van der Waals surface area contributed by atoms with Gasteiger partial charge in [0.1, 0.15) is 36.6 Å². The van der Waals surface area contributed by atoms with Crippen molar-refractivity contribution in [1.29, 1.82) is 0 Å². The molecule has 7 N–H and O–H groups in total. The summed E-state index contributed by atoms with van der Waals surface area (Å²) in [6.07, 6.45) is 19.3. The highest BCUT2D eigenvalue weighted by Gasteiger charge is 2.45. The molecular formula is C40H75NO9. The van der Waals surface area contributed by atoms with Gasteiger partial charge in [0.15, 0.2) is 12.5 Å². The molecule has 1 aliphatic rings. The zero-order chi connectivity index (χ0) is 37.0. The number of rotatable bonds is 31. The fourth-order valence-corrected chi connectivity index (χ4v) is 6.30. The van der Waals surface area contributed by atoms with E-state index in [1.165, 1.54) is 108 Å². The lowest BCUT2D eigenvalue weighted by Crippen LogP contribution is -2.61. The van der Waals surface area contributed by atoms with Crippen molar-refractivity contribution in [2.24, 2.45) is 0 Å². The lowest BCUT2D eigenvalue weighted by Gasteiger charge is -2.41. The molecule has 294 valence electrons. The molecule has 50 heavy (non-hydrogen) atoms. The minimum Gasteiger partial charge on any atom is -0.394 e. The van der Waals surface area contributed by atoms with Crippen LogP contribution in [0.2, 0.25) is 0 Å². The lowest BCUT2D eigenvalue weighted by atomic mass is 9.99. The first-order chi connectivity index (χ1) is 24.2. The van der Waals surface area contributed by atoms with Gasteiger partial charge in [0.05, 0.1) is 6.61 Å². The summed E-state index contributed by atoms with van der Waals surface area (Å²) in [5.74, 6) is -0.737. The summed E-state index contributed by atoms with van der Waals surface area (Å²) in [5, 5.41) is 64.5. The number of aliphatic hydroxyl groups is 6. The van der Waals surface area contributed by atoms with E-state index in [0.29, 0.717) is 12.8 Å². The van der Waals surface area contributed by atoms with Gasteiger partial charge in [-0.1, -0.05) is 153 Å². The number of ether oxygens (including phenoxy) is 2. The highest BCUT2D eigenvalue weighted by Crippen LogP contribution is 2.24. The van der Waals surface area contributed by atoms with Crippen LogP contribution >= 0.6 is 0 Å². The Balaban J connectivity index is 2.60. The van der Waals surface area contributed by atoms with Gasteiger partial charge >= 0.3 is 0 Å². The maximum Gasteiger partial charge on any atom is 0.250 e. The second kappa shape index (κ2) is 30.1. The zero-order valence-corrected chi connectivity index (χ0v) is 31.7. The number of hydrogen-bond acceptors (Lipinski definition) is 9. The first kappa shape index (κ1) is 46.7. The Morgan fingerprint density at radius 3 is 1.80 bits per heavy atom. The number of aliphatic hydroxyl groups excluding tert-OH is 6. The largest absolute Gasteiger partial charge is 0.394 e. The van der Waals surface area contributed by atoms with Crippen molar-refractivity contribution in [3.63, 3.8) is 0 Å². The van der Waals surface area contributed by atoms with Crippen molar-refractivity contribution < 1.29 is 44.9 Å². The van der Waals surface area contributed by atoms with E-state index in [4.69, 9.17) is 9.47 Å². The van der Waals surface area contributed by atoms with Gasteiger partial charge in [0, 0.05) is 0 Å². The fraction of sp³-hybridized carbons (Fsp3) is 0.875. The molecule has 1 fully saturated rings. The molecule has 0 saturated carbocycles. The quantitative estimate of drug-likeness (QED) is 0.0242. The van der Waals surface area contributed by atoms with E-state index >= 15 is 0 Å². The number of hydrogen-bond donors (Lipinski definition) is 7. The standard InChI is InChI=1S/C40H75NO9/c1-4-6-8-10-12-13-14-15-16-18-20-24-28-32(43)38(48)41-39(50-40-37(47)36(46)35(45)34(30-42)49-40)33(44)29-25-21-23-27-31(3)26-22-19-17-11-9-7-5-2/h25,27,29,32-37,39-40,42-47H,4-24,26,28,30H2,1-3H3,(H,41,48)/b29-25+,31-27+/t32-,33-,34?,35-,36?,37?,39?,40+/m1/s1. The van der Waals surface area contributed by atoms with Crippen LogP contribution in [-0.4, -0.2) is 92.3 Å². The summed E-state index contributed by atoms with van der Waals surface area (Å²) in [7, 11) is 0. The van der Waals surface area contributed by atoms with Crippen molar-refractivity contribution in [1.82, 2.24) is 5.32 Å². The van der Waals surface area contributed by atoms with Gasteiger partial charge < -0.3 is 45.4 Å². The second-order valence-electron chi connectivity index (χ2n) is 14.4. The van der Waals surface area contributed by atoms with Gasteiger partial charge in [-0.2, -0.15) is 0 Å². The summed E-state index contributed by atoms with van der Waals surface area (Å²) in [4.78, 5) is 13.0. The molecule has 0 radical (unpaired) electrons. The molecule has 8 atom stereocenters.